The van der Waals surface area contributed by atoms with E-state index in [-0.39, 0.29) is 11.3 Å². The lowest BCUT2D eigenvalue weighted by atomic mass is 9.92. The Hall–Kier alpha value is -3.15. The number of benzene rings is 2. The van der Waals surface area contributed by atoms with Gasteiger partial charge in [0.25, 0.3) is 5.91 Å². The predicted molar refractivity (Wildman–Crippen MR) is 114 cm³/mol. The highest BCUT2D eigenvalue weighted by Gasteiger charge is 2.25. The summed E-state index contributed by atoms with van der Waals surface area (Å²) in [5.41, 5.74) is 10.2. The molecule has 1 aliphatic heterocycles. The zero-order chi connectivity index (χ0) is 20.6. The van der Waals surface area contributed by atoms with Gasteiger partial charge in [-0.2, -0.15) is 4.98 Å². The number of carbonyl (C=O) groups excluding carboxylic acids is 1. The first-order valence-electron chi connectivity index (χ1n) is 9.94. The molecule has 29 heavy (non-hydrogen) atoms. The van der Waals surface area contributed by atoms with E-state index in [0.29, 0.717) is 30.2 Å². The van der Waals surface area contributed by atoms with Crippen molar-refractivity contribution in [1.29, 1.82) is 0 Å². The van der Waals surface area contributed by atoms with Gasteiger partial charge in [-0.25, -0.2) is 0 Å². The number of nitrogens with two attached hydrogens (primary N) is 1. The monoisotopic (exact) mass is 390 g/mol. The molecule has 0 bridgehead atoms. The lowest BCUT2D eigenvalue weighted by Crippen LogP contribution is -2.35. The summed E-state index contributed by atoms with van der Waals surface area (Å²) in [6.07, 6.45) is 2.49. The molecule has 2 N–H and O–H groups in total. The Balaban J connectivity index is 1.62. The van der Waals surface area contributed by atoms with Crippen molar-refractivity contribution in [3.8, 4) is 11.4 Å². The van der Waals surface area contributed by atoms with Gasteiger partial charge >= 0.3 is 0 Å². The van der Waals surface area contributed by atoms with E-state index in [9.17, 15) is 4.79 Å². The van der Waals surface area contributed by atoms with Gasteiger partial charge in [0, 0.05) is 35.5 Å². The number of fused-ring (bicyclic) bond motifs is 1. The van der Waals surface area contributed by atoms with Crippen molar-refractivity contribution in [2.75, 3.05) is 17.2 Å². The van der Waals surface area contributed by atoms with Gasteiger partial charge in [0.2, 0.25) is 11.7 Å². The van der Waals surface area contributed by atoms with Gasteiger partial charge in [0.15, 0.2) is 0 Å². The van der Waals surface area contributed by atoms with Crippen LogP contribution in [-0.4, -0.2) is 22.6 Å². The van der Waals surface area contributed by atoms with Crippen molar-refractivity contribution in [2.45, 2.75) is 40.0 Å². The summed E-state index contributed by atoms with van der Waals surface area (Å²) in [6.45, 7) is 7.05. The van der Waals surface area contributed by atoms with Crippen molar-refractivity contribution in [3.63, 3.8) is 0 Å². The molecule has 2 aromatic carbocycles. The Kier molecular flexibility index (Phi) is 4.86. The van der Waals surface area contributed by atoms with Gasteiger partial charge in [0.1, 0.15) is 0 Å². The van der Waals surface area contributed by atoms with Crippen LogP contribution in [0.2, 0.25) is 0 Å². The molecule has 0 radical (unpaired) electrons. The zero-order valence-electron chi connectivity index (χ0n) is 17.1. The van der Waals surface area contributed by atoms with Crippen LogP contribution < -0.4 is 10.6 Å². The van der Waals surface area contributed by atoms with E-state index >= 15 is 0 Å². The number of nitrogen functional groups attached to an aromatic ring is 1. The summed E-state index contributed by atoms with van der Waals surface area (Å²) in [6, 6.07) is 13.1. The molecule has 0 aliphatic carbocycles. The average molecular weight is 390 g/mol. The standard InChI is InChI=1S/C23H26N4O2/c1-23(2,3)14-20-25-21(26-29-20)15-7-4-8-16(13-15)22(28)27-12-6-9-17-18(24)10-5-11-19(17)27/h4-5,7-8,10-11,13H,6,9,12,14,24H2,1-3H3. The first-order chi connectivity index (χ1) is 13.8. The number of nitrogens with zero attached hydrogens (tertiary/aromatic N) is 3. The van der Waals surface area contributed by atoms with Crippen LogP contribution in [0.3, 0.4) is 0 Å². The fourth-order valence-corrected chi connectivity index (χ4v) is 3.71. The van der Waals surface area contributed by atoms with Crippen LogP contribution in [0.1, 0.15) is 49.0 Å². The number of aromatic nitrogens is 2. The van der Waals surface area contributed by atoms with Crippen LogP contribution in [0.5, 0.6) is 0 Å². The molecule has 150 valence electrons. The van der Waals surface area contributed by atoms with Crippen LogP contribution in [0.15, 0.2) is 47.0 Å². The number of anilines is 2. The second-order valence-corrected chi connectivity index (χ2v) is 8.74. The Morgan fingerprint density at radius 3 is 2.79 bits per heavy atom. The number of carbonyl (C=O) groups is 1. The molecule has 4 rings (SSSR count). The van der Waals surface area contributed by atoms with Crippen LogP contribution in [0.25, 0.3) is 11.4 Å². The second kappa shape index (κ2) is 7.35. The minimum absolute atomic E-state index is 0.0446. The number of amides is 1. The lowest BCUT2D eigenvalue weighted by Gasteiger charge is -2.30. The fourth-order valence-electron chi connectivity index (χ4n) is 3.71. The van der Waals surface area contributed by atoms with Crippen LogP contribution in [0.4, 0.5) is 11.4 Å². The normalized spacial score (nSPS) is 14.0. The Bertz CT molecular complexity index is 1050. The van der Waals surface area contributed by atoms with Crippen molar-refractivity contribution in [3.05, 3.63) is 59.5 Å². The molecule has 1 aromatic heterocycles. The van der Waals surface area contributed by atoms with Gasteiger partial charge in [-0.3, -0.25) is 4.79 Å². The number of hydrogen-bond donors (Lipinski definition) is 1. The maximum absolute atomic E-state index is 13.3. The molecule has 6 nitrogen and oxygen atoms in total. The minimum atomic E-state index is -0.0446. The molecule has 0 fully saturated rings. The summed E-state index contributed by atoms with van der Waals surface area (Å²) in [7, 11) is 0. The number of hydrogen-bond acceptors (Lipinski definition) is 5. The van der Waals surface area contributed by atoms with Crippen molar-refractivity contribution in [1.82, 2.24) is 10.1 Å². The fraction of sp³-hybridized carbons (Fsp3) is 0.348. The predicted octanol–water partition coefficient (Wildman–Crippen LogP) is 4.50. The quantitative estimate of drug-likeness (QED) is 0.666. The Morgan fingerprint density at radius 2 is 2.00 bits per heavy atom. The van der Waals surface area contributed by atoms with E-state index in [2.05, 4.69) is 30.9 Å². The van der Waals surface area contributed by atoms with Gasteiger partial charge in [-0.15, -0.1) is 0 Å². The molecule has 6 heteroatoms. The molecular formula is C23H26N4O2. The highest BCUT2D eigenvalue weighted by Crippen LogP contribution is 2.32. The molecule has 0 atom stereocenters. The number of rotatable bonds is 3. The van der Waals surface area contributed by atoms with Crippen molar-refractivity contribution < 1.29 is 9.32 Å². The van der Waals surface area contributed by atoms with E-state index in [1.54, 1.807) is 0 Å². The molecular weight excluding hydrogens is 364 g/mol. The van der Waals surface area contributed by atoms with Crippen LogP contribution >= 0.6 is 0 Å². The molecule has 0 saturated carbocycles. The highest BCUT2D eigenvalue weighted by atomic mass is 16.5. The minimum Gasteiger partial charge on any atom is -0.398 e. The second-order valence-electron chi connectivity index (χ2n) is 8.74. The molecule has 0 spiro atoms. The highest BCUT2D eigenvalue weighted by molar-refractivity contribution is 6.07. The van der Waals surface area contributed by atoms with Gasteiger partial charge < -0.3 is 15.2 Å². The van der Waals surface area contributed by atoms with E-state index < -0.39 is 0 Å². The van der Waals surface area contributed by atoms with Gasteiger partial charge in [0.05, 0.1) is 0 Å². The molecule has 1 amide bonds. The summed E-state index contributed by atoms with van der Waals surface area (Å²) in [4.78, 5) is 19.6. The average Bonchev–Trinajstić information content (AvgIpc) is 3.14. The largest absolute Gasteiger partial charge is 0.398 e. The van der Waals surface area contributed by atoms with E-state index in [1.165, 1.54) is 0 Å². The summed E-state index contributed by atoms with van der Waals surface area (Å²) >= 11 is 0. The first kappa shape index (κ1) is 19.2. The van der Waals surface area contributed by atoms with Crippen LogP contribution in [0, 0.1) is 5.41 Å². The van der Waals surface area contributed by atoms with E-state index in [4.69, 9.17) is 10.3 Å². The van der Waals surface area contributed by atoms with Crippen molar-refractivity contribution >= 4 is 17.3 Å². The smallest absolute Gasteiger partial charge is 0.258 e. The third-order valence-electron chi connectivity index (χ3n) is 5.05. The first-order valence-corrected chi connectivity index (χ1v) is 9.94. The van der Waals surface area contributed by atoms with Gasteiger partial charge in [-0.05, 0) is 48.1 Å². The molecule has 0 saturated heterocycles. The van der Waals surface area contributed by atoms with Crippen molar-refractivity contribution in [2.24, 2.45) is 5.41 Å². The zero-order valence-corrected chi connectivity index (χ0v) is 17.1. The summed E-state index contributed by atoms with van der Waals surface area (Å²) < 4.78 is 5.40. The van der Waals surface area contributed by atoms with E-state index in [1.807, 2.05) is 47.4 Å². The summed E-state index contributed by atoms with van der Waals surface area (Å²) in [5.74, 6) is 1.06. The van der Waals surface area contributed by atoms with Crippen LogP contribution in [-0.2, 0) is 12.8 Å². The third-order valence-corrected chi connectivity index (χ3v) is 5.05. The SMILES string of the molecule is CC(C)(C)Cc1nc(-c2cccc(C(=O)N3CCCc4c(N)cccc43)c2)no1. The maximum atomic E-state index is 13.3. The maximum Gasteiger partial charge on any atom is 0.258 e. The molecule has 3 aromatic rings. The molecule has 1 aliphatic rings. The summed E-state index contributed by atoms with van der Waals surface area (Å²) in [5, 5.41) is 4.10. The third kappa shape index (κ3) is 4.01. The Labute approximate surface area is 170 Å². The molecule has 2 heterocycles. The topological polar surface area (TPSA) is 85.2 Å². The van der Waals surface area contributed by atoms with E-state index in [0.717, 1.165) is 35.3 Å². The lowest BCUT2D eigenvalue weighted by molar-refractivity contribution is 0.0985. The molecule has 0 unspecified atom stereocenters. The Morgan fingerprint density at radius 1 is 1.21 bits per heavy atom. The van der Waals surface area contributed by atoms with Gasteiger partial charge in [-0.1, -0.05) is 44.1 Å².